The van der Waals surface area contributed by atoms with E-state index in [0.29, 0.717) is 6.54 Å². The van der Waals surface area contributed by atoms with Crippen LogP contribution in [0.2, 0.25) is 0 Å². The molecule has 0 saturated heterocycles. The molecule has 0 unspecified atom stereocenters. The number of nitrogens with one attached hydrogen (secondary N) is 1. The first-order valence-electron chi connectivity index (χ1n) is 5.29. The van der Waals surface area contributed by atoms with Gasteiger partial charge in [-0.15, -0.1) is 0 Å². The van der Waals surface area contributed by atoms with Gasteiger partial charge in [-0.05, 0) is 27.4 Å². The van der Waals surface area contributed by atoms with E-state index in [2.05, 4.69) is 17.1 Å². The third-order valence-corrected chi connectivity index (χ3v) is 1.93. The Hall–Kier alpha value is -0.770. The van der Waals surface area contributed by atoms with Gasteiger partial charge in [0.25, 0.3) is 0 Å². The van der Waals surface area contributed by atoms with Crippen LogP contribution >= 0.6 is 0 Å². The lowest BCUT2D eigenvalue weighted by Crippen LogP contribution is -2.43. The topological polar surface area (TPSA) is 35.6 Å². The van der Waals surface area contributed by atoms with E-state index in [9.17, 15) is 4.79 Å². The molecule has 0 rings (SSSR count). The molecule has 0 aromatic carbocycles. The van der Waals surface area contributed by atoms with Gasteiger partial charge in [0.15, 0.2) is 0 Å². The Kier molecular flexibility index (Phi) is 7.20. The van der Waals surface area contributed by atoms with Crippen molar-refractivity contribution < 1.29 is 4.79 Å². The summed E-state index contributed by atoms with van der Waals surface area (Å²) < 4.78 is 0. The van der Waals surface area contributed by atoms with Crippen LogP contribution < -0.4 is 5.32 Å². The second kappa shape index (κ2) is 7.62. The molecule has 0 fully saturated rings. The van der Waals surface area contributed by atoms with Crippen molar-refractivity contribution in [3.05, 3.63) is 0 Å². The molecule has 1 N–H and O–H groups in total. The monoisotopic (exact) mass is 201 g/mol. The largest absolute Gasteiger partial charge is 0.338 e. The Morgan fingerprint density at radius 2 is 1.79 bits per heavy atom. The van der Waals surface area contributed by atoms with Crippen LogP contribution in [0.1, 0.15) is 20.3 Å². The van der Waals surface area contributed by atoms with Gasteiger partial charge in [0.2, 0.25) is 0 Å². The SMILES string of the molecule is CCCN(CCN(C)C)C(=O)NCC. The highest BCUT2D eigenvalue weighted by molar-refractivity contribution is 5.74. The van der Waals surface area contributed by atoms with Crippen molar-refractivity contribution in [3.8, 4) is 0 Å². The fraction of sp³-hybridized carbons (Fsp3) is 0.900. The summed E-state index contributed by atoms with van der Waals surface area (Å²) in [7, 11) is 4.03. The molecule has 0 atom stereocenters. The van der Waals surface area contributed by atoms with Gasteiger partial charge in [-0.2, -0.15) is 0 Å². The maximum absolute atomic E-state index is 11.5. The first-order chi connectivity index (χ1) is 6.61. The quantitative estimate of drug-likeness (QED) is 0.695. The van der Waals surface area contributed by atoms with Crippen molar-refractivity contribution in [1.82, 2.24) is 15.1 Å². The number of hydrogen-bond acceptors (Lipinski definition) is 2. The van der Waals surface area contributed by atoms with E-state index in [4.69, 9.17) is 0 Å². The van der Waals surface area contributed by atoms with Crippen LogP contribution in [0.4, 0.5) is 4.79 Å². The average Bonchev–Trinajstić information content (AvgIpc) is 2.12. The number of rotatable bonds is 6. The Morgan fingerprint density at radius 3 is 2.21 bits per heavy atom. The molecule has 0 aliphatic rings. The summed E-state index contributed by atoms with van der Waals surface area (Å²) in [5.74, 6) is 0. The van der Waals surface area contributed by atoms with Crippen LogP contribution in [0.25, 0.3) is 0 Å². The standard InChI is InChI=1S/C10H23N3O/c1-5-7-13(9-8-12(3)4)10(14)11-6-2/h5-9H2,1-4H3,(H,11,14). The Morgan fingerprint density at radius 1 is 1.14 bits per heavy atom. The summed E-state index contributed by atoms with van der Waals surface area (Å²) in [6.45, 7) is 7.26. The highest BCUT2D eigenvalue weighted by Crippen LogP contribution is 1.93. The normalized spacial score (nSPS) is 10.4. The minimum absolute atomic E-state index is 0.0520. The van der Waals surface area contributed by atoms with E-state index in [1.165, 1.54) is 0 Å². The van der Waals surface area contributed by atoms with Crippen LogP contribution in [0.15, 0.2) is 0 Å². The van der Waals surface area contributed by atoms with Crippen molar-refractivity contribution in [2.45, 2.75) is 20.3 Å². The molecule has 0 spiro atoms. The lowest BCUT2D eigenvalue weighted by molar-refractivity contribution is 0.192. The Bertz CT molecular complexity index is 159. The minimum Gasteiger partial charge on any atom is -0.338 e. The van der Waals surface area contributed by atoms with E-state index >= 15 is 0 Å². The van der Waals surface area contributed by atoms with Crippen LogP contribution in [0.3, 0.4) is 0 Å². The van der Waals surface area contributed by atoms with Crippen molar-refractivity contribution in [3.63, 3.8) is 0 Å². The molecule has 4 heteroatoms. The maximum Gasteiger partial charge on any atom is 0.317 e. The highest BCUT2D eigenvalue weighted by Gasteiger charge is 2.10. The van der Waals surface area contributed by atoms with Crippen molar-refractivity contribution in [2.24, 2.45) is 0 Å². The predicted octanol–water partition coefficient (Wildman–Crippen LogP) is 0.990. The lowest BCUT2D eigenvalue weighted by atomic mass is 10.4. The van der Waals surface area contributed by atoms with Gasteiger partial charge >= 0.3 is 6.03 Å². The first-order valence-corrected chi connectivity index (χ1v) is 5.29. The zero-order chi connectivity index (χ0) is 11.0. The van der Waals surface area contributed by atoms with Crippen LogP contribution in [-0.2, 0) is 0 Å². The number of amides is 2. The van der Waals surface area contributed by atoms with Crippen molar-refractivity contribution in [2.75, 3.05) is 40.3 Å². The van der Waals surface area contributed by atoms with Crippen molar-refractivity contribution >= 4 is 6.03 Å². The minimum atomic E-state index is 0.0520. The Balaban J connectivity index is 3.93. The summed E-state index contributed by atoms with van der Waals surface area (Å²) in [6, 6.07) is 0.0520. The van der Waals surface area contributed by atoms with Gasteiger partial charge in [0.1, 0.15) is 0 Å². The van der Waals surface area contributed by atoms with E-state index in [-0.39, 0.29) is 6.03 Å². The summed E-state index contributed by atoms with van der Waals surface area (Å²) in [5, 5.41) is 2.82. The number of carbonyl (C=O) groups is 1. The van der Waals surface area contributed by atoms with E-state index in [1.54, 1.807) is 0 Å². The average molecular weight is 201 g/mol. The second-order valence-electron chi connectivity index (χ2n) is 3.63. The van der Waals surface area contributed by atoms with Crippen LogP contribution in [0.5, 0.6) is 0 Å². The number of carbonyl (C=O) groups excluding carboxylic acids is 1. The molecule has 0 bridgehead atoms. The second-order valence-corrected chi connectivity index (χ2v) is 3.63. The number of urea groups is 1. The molecule has 14 heavy (non-hydrogen) atoms. The van der Waals surface area contributed by atoms with Gasteiger partial charge in [0, 0.05) is 26.2 Å². The zero-order valence-corrected chi connectivity index (χ0v) is 9.84. The molecule has 0 radical (unpaired) electrons. The molecule has 0 aromatic rings. The van der Waals surface area contributed by atoms with Crippen molar-refractivity contribution in [1.29, 1.82) is 0 Å². The van der Waals surface area contributed by atoms with Gasteiger partial charge < -0.3 is 15.1 Å². The summed E-state index contributed by atoms with van der Waals surface area (Å²) >= 11 is 0. The third kappa shape index (κ3) is 5.80. The van der Waals surface area contributed by atoms with Crippen LogP contribution in [0, 0.1) is 0 Å². The third-order valence-electron chi connectivity index (χ3n) is 1.93. The zero-order valence-electron chi connectivity index (χ0n) is 9.84. The maximum atomic E-state index is 11.5. The molecule has 2 amide bonds. The smallest absolute Gasteiger partial charge is 0.317 e. The fourth-order valence-corrected chi connectivity index (χ4v) is 1.17. The first kappa shape index (κ1) is 13.2. The molecular weight excluding hydrogens is 178 g/mol. The lowest BCUT2D eigenvalue weighted by Gasteiger charge is -2.23. The predicted molar refractivity (Wildman–Crippen MR) is 59.5 cm³/mol. The molecule has 0 heterocycles. The van der Waals surface area contributed by atoms with Gasteiger partial charge in [-0.25, -0.2) is 4.79 Å². The summed E-state index contributed by atoms with van der Waals surface area (Å²) in [4.78, 5) is 15.5. The van der Waals surface area contributed by atoms with E-state index in [0.717, 1.165) is 26.1 Å². The molecule has 84 valence electrons. The molecule has 4 nitrogen and oxygen atoms in total. The fourth-order valence-electron chi connectivity index (χ4n) is 1.17. The highest BCUT2D eigenvalue weighted by atomic mass is 16.2. The van der Waals surface area contributed by atoms with Gasteiger partial charge in [-0.3, -0.25) is 0 Å². The van der Waals surface area contributed by atoms with Crippen LogP contribution in [-0.4, -0.2) is 56.1 Å². The van der Waals surface area contributed by atoms with Gasteiger partial charge in [-0.1, -0.05) is 6.92 Å². The number of nitrogens with zero attached hydrogens (tertiary/aromatic N) is 2. The molecule has 0 aromatic heterocycles. The van der Waals surface area contributed by atoms with Gasteiger partial charge in [0.05, 0.1) is 0 Å². The summed E-state index contributed by atoms with van der Waals surface area (Å²) in [6.07, 6.45) is 1.00. The number of likely N-dealkylation sites (N-methyl/N-ethyl adjacent to an activating group) is 1. The van der Waals surface area contributed by atoms with E-state index < -0.39 is 0 Å². The molecule has 0 aliphatic heterocycles. The molecule has 0 saturated carbocycles. The van der Waals surface area contributed by atoms with E-state index in [1.807, 2.05) is 25.9 Å². The molecular formula is C10H23N3O. The Labute approximate surface area is 87.3 Å². The molecule has 0 aliphatic carbocycles. The summed E-state index contributed by atoms with van der Waals surface area (Å²) in [5.41, 5.74) is 0. The number of hydrogen-bond donors (Lipinski definition) is 1.